The third-order valence-electron chi connectivity index (χ3n) is 15.1. The van der Waals surface area contributed by atoms with Crippen LogP contribution in [-0.2, 0) is 5.41 Å². The van der Waals surface area contributed by atoms with Gasteiger partial charge in [-0.1, -0.05) is 400 Å². The van der Waals surface area contributed by atoms with E-state index in [1.807, 2.05) is 115 Å². The average Bonchev–Trinajstić information content (AvgIpc) is 1.61. The maximum absolute atomic E-state index is 12.1. The van der Waals surface area contributed by atoms with Crippen molar-refractivity contribution in [3.05, 3.63) is 433 Å². The first-order chi connectivity index (χ1) is 51.0. The number of hydrogen-bond donors (Lipinski definition) is 0. The zero-order chi connectivity index (χ0) is 76.1. The molecular formula is C90H67Br9FN. The van der Waals surface area contributed by atoms with Gasteiger partial charge in [0, 0.05) is 45.7 Å². The molecule has 0 heterocycles. The van der Waals surface area contributed by atoms with Gasteiger partial charge in [-0.2, -0.15) is 5.26 Å². The van der Waals surface area contributed by atoms with Gasteiger partial charge in [0.05, 0.1) is 18.5 Å². The van der Waals surface area contributed by atoms with E-state index in [1.165, 1.54) is 78.2 Å². The highest BCUT2D eigenvalue weighted by atomic mass is 79.9. The molecule has 1 nitrogen and oxygen atoms in total. The molecule has 16 rings (SSSR count). The zero-order valence-corrected chi connectivity index (χ0v) is 68.8. The first kappa shape index (κ1) is 71.9. The lowest BCUT2D eigenvalue weighted by Gasteiger charge is -2.21. The molecule has 0 N–H and O–H groups in total. The molecule has 0 unspecified atom stereocenters. The molecule has 0 amide bonds. The second kappa shape index (κ2) is 42.2. The summed E-state index contributed by atoms with van der Waals surface area (Å²) in [5.41, 5.74) is 13.7. The number of nitrogens with zero attached hydrogens (tertiary/aromatic N) is 1. The molecule has 101 heavy (non-hydrogen) atoms. The van der Waals surface area contributed by atoms with Gasteiger partial charge in [0.2, 0.25) is 0 Å². The van der Waals surface area contributed by atoms with E-state index in [2.05, 4.69) is 363 Å². The molecule has 0 fully saturated rings. The SMILES string of the molecule is Brc1ccc(-c2ccccc2)cc1.Brc1ccc2ccccc2c1.Brc1cccc(-c2ccccc2)c1.Brc1cccc2ccccc12.Brc1ccccc1.CC1(C)c2ccccc2-c2ccc(Br)cc21.Fc1ccc(Br)cc1.N#Cc1ccc(-c2ccc(Br)cc2)cc1.[2H]c1c([2H])c([2H])c(Br)c([2H])c1[2H]. The van der Waals surface area contributed by atoms with E-state index < -0.39 is 0 Å². The number of halogens is 10. The minimum Gasteiger partial charge on any atom is -0.207 e. The van der Waals surface area contributed by atoms with Crippen LogP contribution in [0.3, 0.4) is 0 Å². The van der Waals surface area contributed by atoms with Gasteiger partial charge >= 0.3 is 0 Å². The van der Waals surface area contributed by atoms with Gasteiger partial charge in [-0.3, -0.25) is 0 Å². The highest BCUT2D eigenvalue weighted by molar-refractivity contribution is 9.12. The molecule has 15 aromatic rings. The van der Waals surface area contributed by atoms with Crippen molar-refractivity contribution in [1.29, 1.82) is 5.26 Å². The lowest BCUT2D eigenvalue weighted by atomic mass is 9.82. The molecule has 502 valence electrons. The number of hydrogen-bond acceptors (Lipinski definition) is 1. The first-order valence-corrected chi connectivity index (χ1v) is 38.5. The summed E-state index contributed by atoms with van der Waals surface area (Å²) in [6.07, 6.45) is 0. The van der Waals surface area contributed by atoms with Crippen LogP contribution in [0.25, 0.3) is 66.1 Å². The van der Waals surface area contributed by atoms with Crippen molar-refractivity contribution in [3.8, 4) is 50.6 Å². The number of benzene rings is 15. The van der Waals surface area contributed by atoms with E-state index in [1.54, 1.807) is 12.1 Å². The predicted octanol–water partition coefficient (Wildman–Crippen LogP) is 31.7. The van der Waals surface area contributed by atoms with Crippen LogP contribution in [0, 0.1) is 17.1 Å². The number of fused-ring (bicyclic) bond motifs is 5. The van der Waals surface area contributed by atoms with E-state index in [-0.39, 0.29) is 45.9 Å². The van der Waals surface area contributed by atoms with Crippen LogP contribution in [0.5, 0.6) is 0 Å². The molecule has 0 aromatic heterocycles. The third-order valence-corrected chi connectivity index (χ3v) is 19.8. The fraction of sp³-hybridized carbons (Fsp3) is 0.0333. The molecule has 0 spiro atoms. The normalized spacial score (nSPS) is 11.3. The van der Waals surface area contributed by atoms with Gasteiger partial charge in [-0.15, -0.1) is 0 Å². The Labute approximate surface area is 676 Å². The minimum absolute atomic E-state index is 0.105. The molecule has 1 aliphatic rings. The van der Waals surface area contributed by atoms with Gasteiger partial charge in [0.25, 0.3) is 0 Å². The zero-order valence-electron chi connectivity index (χ0n) is 59.6. The Hall–Kier alpha value is -7.44. The molecule has 15 aromatic carbocycles. The van der Waals surface area contributed by atoms with E-state index in [4.69, 9.17) is 12.1 Å². The second-order valence-electron chi connectivity index (χ2n) is 22.4. The monoisotopic (exact) mass is 1900 g/mol. The van der Waals surface area contributed by atoms with Crippen molar-refractivity contribution in [2.24, 2.45) is 0 Å². The van der Waals surface area contributed by atoms with Crippen molar-refractivity contribution in [3.63, 3.8) is 0 Å². The Balaban J connectivity index is 0.000000152. The van der Waals surface area contributed by atoms with Crippen LogP contribution in [0.15, 0.2) is 410 Å². The van der Waals surface area contributed by atoms with Crippen molar-refractivity contribution >= 4 is 165 Å². The van der Waals surface area contributed by atoms with Crippen LogP contribution in [-0.4, -0.2) is 0 Å². The first-order valence-electron chi connectivity index (χ1n) is 33.9. The smallest absolute Gasteiger partial charge is 0.123 e. The molecule has 1 aliphatic carbocycles. The van der Waals surface area contributed by atoms with Gasteiger partial charge in [-0.05, 0) is 205 Å². The summed E-state index contributed by atoms with van der Waals surface area (Å²) in [7, 11) is 0. The summed E-state index contributed by atoms with van der Waals surface area (Å²) >= 11 is 30.2. The molecular weight excluding hydrogens is 1830 g/mol. The van der Waals surface area contributed by atoms with Gasteiger partial charge in [0.15, 0.2) is 0 Å². The Kier molecular flexibility index (Phi) is 30.1. The Morgan fingerprint density at radius 3 is 1.22 bits per heavy atom. The maximum atomic E-state index is 12.1. The summed E-state index contributed by atoms with van der Waals surface area (Å²) in [6, 6.07) is 114. The highest BCUT2D eigenvalue weighted by Crippen LogP contribution is 2.49. The Morgan fingerprint density at radius 2 is 0.683 bits per heavy atom. The summed E-state index contributed by atoms with van der Waals surface area (Å²) in [6.45, 7) is 4.59. The van der Waals surface area contributed by atoms with Crippen molar-refractivity contribution in [1.82, 2.24) is 0 Å². The van der Waals surface area contributed by atoms with Crippen molar-refractivity contribution in [2.75, 3.05) is 0 Å². The highest BCUT2D eigenvalue weighted by Gasteiger charge is 2.35. The molecule has 0 bridgehead atoms. The van der Waals surface area contributed by atoms with Gasteiger partial charge in [-0.25, -0.2) is 4.39 Å². The van der Waals surface area contributed by atoms with E-state index in [0.717, 1.165) is 46.9 Å². The molecule has 0 aliphatic heterocycles. The standard InChI is InChI=1S/C15H13Br.C13H8BrN.2C12H9Br.2C10H7Br.C6H4BrF.2C6H5Br/c1-15(2)13-6-4-3-5-11(13)12-8-7-10(16)9-14(12)15;14-13-7-5-12(6-8-13)11-3-1-10(9-15)2-4-11;13-12-8-4-7-11(9-12)10-5-2-1-3-6-10;13-12-8-6-11(7-9-12)10-4-2-1-3-5-10;11-10-7-3-5-8-4-1-2-6-9(8)10;11-10-6-5-8-3-1-2-4-9(8)7-10;7-5-1-3-6(8)4-2-5;2*7-6-4-2-1-3-5-6/h3-9H,1-2H3;1-8H;2*1-9H;2*1-7H;1-4H;2*1-5H/i;;;;;;;1D,2D,3D,4D,5D;. The lowest BCUT2D eigenvalue weighted by Crippen LogP contribution is -2.14. The van der Waals surface area contributed by atoms with E-state index >= 15 is 0 Å². The topological polar surface area (TPSA) is 23.8 Å². The van der Waals surface area contributed by atoms with Crippen LogP contribution < -0.4 is 0 Å². The van der Waals surface area contributed by atoms with Crippen molar-refractivity contribution in [2.45, 2.75) is 19.3 Å². The summed E-state index contributed by atoms with van der Waals surface area (Å²) < 4.78 is 57.1. The summed E-state index contributed by atoms with van der Waals surface area (Å²) in [4.78, 5) is 0. The maximum Gasteiger partial charge on any atom is 0.123 e. The van der Waals surface area contributed by atoms with Gasteiger partial charge < -0.3 is 0 Å². The van der Waals surface area contributed by atoms with E-state index in [0.29, 0.717) is 5.56 Å². The summed E-state index contributed by atoms with van der Waals surface area (Å²) in [5.74, 6) is -0.201. The fourth-order valence-corrected chi connectivity index (χ4v) is 13.0. The number of rotatable bonds is 3. The summed E-state index contributed by atoms with van der Waals surface area (Å²) in [5, 5.41) is 13.8. The second-order valence-corrected chi connectivity index (χ2v) is 30.5. The predicted molar refractivity (Wildman–Crippen MR) is 461 cm³/mol. The van der Waals surface area contributed by atoms with Crippen LogP contribution in [0.4, 0.5) is 4.39 Å². The van der Waals surface area contributed by atoms with Crippen LogP contribution >= 0.6 is 143 Å². The quantitative estimate of drug-likeness (QED) is 0.173. The Morgan fingerprint density at radius 1 is 0.297 bits per heavy atom. The van der Waals surface area contributed by atoms with E-state index in [9.17, 15) is 4.39 Å². The largest absolute Gasteiger partial charge is 0.207 e. The average molecular weight is 1910 g/mol. The fourth-order valence-electron chi connectivity index (χ4n) is 10.1. The molecule has 0 radical (unpaired) electrons. The lowest BCUT2D eigenvalue weighted by molar-refractivity contribution is 0.627. The number of nitriles is 1. The van der Waals surface area contributed by atoms with Crippen molar-refractivity contribution < 1.29 is 11.2 Å². The molecule has 0 saturated heterocycles. The Bertz CT molecular complexity index is 5190. The molecule has 0 atom stereocenters. The third kappa shape index (κ3) is 26.4. The van der Waals surface area contributed by atoms with Gasteiger partial charge in [0.1, 0.15) is 5.82 Å². The minimum atomic E-state index is -0.367. The van der Waals surface area contributed by atoms with Crippen LogP contribution in [0.1, 0.15) is 37.4 Å². The van der Waals surface area contributed by atoms with Crippen LogP contribution in [0.2, 0.25) is 0 Å². The molecule has 0 saturated carbocycles. The molecule has 11 heteroatoms.